The fourth-order valence-corrected chi connectivity index (χ4v) is 2.94. The quantitative estimate of drug-likeness (QED) is 0.888. The average Bonchev–Trinajstić information content (AvgIpc) is 2.35. The molecule has 1 aromatic rings. The summed E-state index contributed by atoms with van der Waals surface area (Å²) in [5.74, 6) is 1.45. The zero-order chi connectivity index (χ0) is 13.1. The lowest BCUT2D eigenvalue weighted by atomic mass is 9.87. The van der Waals surface area contributed by atoms with Crippen molar-refractivity contribution in [2.24, 2.45) is 17.6 Å². The summed E-state index contributed by atoms with van der Waals surface area (Å²) < 4.78 is 0. The van der Waals surface area contributed by atoms with Crippen LogP contribution in [0.1, 0.15) is 30.0 Å². The van der Waals surface area contributed by atoms with E-state index in [0.717, 1.165) is 25.6 Å². The lowest BCUT2D eigenvalue weighted by Crippen LogP contribution is -2.42. The van der Waals surface area contributed by atoms with E-state index in [2.05, 4.69) is 43.9 Å². The van der Waals surface area contributed by atoms with E-state index in [4.69, 9.17) is 5.73 Å². The normalized spacial score (nSPS) is 25.3. The molecule has 1 fully saturated rings. The van der Waals surface area contributed by atoms with Gasteiger partial charge in [0.2, 0.25) is 0 Å². The van der Waals surface area contributed by atoms with Gasteiger partial charge in [0.15, 0.2) is 0 Å². The molecule has 0 amide bonds. The van der Waals surface area contributed by atoms with Crippen molar-refractivity contribution in [2.75, 3.05) is 19.6 Å². The summed E-state index contributed by atoms with van der Waals surface area (Å²) in [5, 5.41) is 0. The minimum atomic E-state index is 0.671. The van der Waals surface area contributed by atoms with Gasteiger partial charge in [0.1, 0.15) is 0 Å². The van der Waals surface area contributed by atoms with Gasteiger partial charge in [-0.3, -0.25) is 4.90 Å². The Morgan fingerprint density at radius 2 is 2.11 bits per heavy atom. The van der Waals surface area contributed by atoms with E-state index >= 15 is 0 Å². The molecule has 2 unspecified atom stereocenters. The number of rotatable bonds is 3. The summed E-state index contributed by atoms with van der Waals surface area (Å²) in [5.41, 5.74) is 10.1. The summed E-state index contributed by atoms with van der Waals surface area (Å²) in [6.07, 6.45) is 1.28. The maximum atomic E-state index is 5.87. The summed E-state index contributed by atoms with van der Waals surface area (Å²) >= 11 is 0. The highest BCUT2D eigenvalue weighted by atomic mass is 15.1. The predicted octanol–water partition coefficient (Wildman–Crippen LogP) is 2.72. The van der Waals surface area contributed by atoms with Gasteiger partial charge >= 0.3 is 0 Å². The number of nitrogens with two attached hydrogens (primary N) is 1. The van der Waals surface area contributed by atoms with E-state index in [1.54, 1.807) is 0 Å². The lowest BCUT2D eigenvalue weighted by Gasteiger charge is -2.36. The smallest absolute Gasteiger partial charge is 0.0236 e. The molecule has 2 nitrogen and oxygen atoms in total. The van der Waals surface area contributed by atoms with Crippen molar-refractivity contribution < 1.29 is 0 Å². The zero-order valence-corrected chi connectivity index (χ0v) is 11.9. The summed E-state index contributed by atoms with van der Waals surface area (Å²) in [7, 11) is 0. The minimum absolute atomic E-state index is 0.671. The maximum absolute atomic E-state index is 5.87. The Kier molecular flexibility index (Phi) is 4.41. The molecule has 1 aliphatic heterocycles. The zero-order valence-electron chi connectivity index (χ0n) is 11.9. The van der Waals surface area contributed by atoms with E-state index in [1.807, 2.05) is 0 Å². The van der Waals surface area contributed by atoms with Crippen LogP contribution in [0.25, 0.3) is 0 Å². The number of likely N-dealkylation sites (tertiary alicyclic amines) is 1. The van der Waals surface area contributed by atoms with Crippen LogP contribution >= 0.6 is 0 Å². The van der Waals surface area contributed by atoms with Gasteiger partial charge < -0.3 is 5.73 Å². The van der Waals surface area contributed by atoms with Crippen molar-refractivity contribution >= 4 is 0 Å². The molecule has 1 aromatic carbocycles. The number of aryl methyl sites for hydroxylation is 2. The highest BCUT2D eigenvalue weighted by Crippen LogP contribution is 2.24. The third-order valence-electron chi connectivity index (χ3n) is 4.39. The van der Waals surface area contributed by atoms with Crippen LogP contribution in [-0.2, 0) is 6.54 Å². The molecule has 0 aromatic heterocycles. The minimum Gasteiger partial charge on any atom is -0.330 e. The fourth-order valence-electron chi connectivity index (χ4n) is 2.94. The molecular weight excluding hydrogens is 220 g/mol. The molecule has 0 spiro atoms. The Hall–Kier alpha value is -0.860. The molecule has 1 heterocycles. The van der Waals surface area contributed by atoms with Gasteiger partial charge in [-0.05, 0) is 56.3 Å². The molecule has 0 bridgehead atoms. The third kappa shape index (κ3) is 3.12. The van der Waals surface area contributed by atoms with Crippen LogP contribution in [-0.4, -0.2) is 24.5 Å². The fraction of sp³-hybridized carbons (Fsp3) is 0.625. The number of hydrogen-bond donors (Lipinski definition) is 1. The van der Waals surface area contributed by atoms with Crippen LogP contribution in [0, 0.1) is 25.7 Å². The Morgan fingerprint density at radius 1 is 1.33 bits per heavy atom. The van der Waals surface area contributed by atoms with Gasteiger partial charge in [-0.2, -0.15) is 0 Å². The Morgan fingerprint density at radius 3 is 2.78 bits per heavy atom. The van der Waals surface area contributed by atoms with Crippen molar-refractivity contribution in [1.29, 1.82) is 0 Å². The maximum Gasteiger partial charge on any atom is 0.0236 e. The molecule has 0 saturated carbocycles. The van der Waals surface area contributed by atoms with Crippen molar-refractivity contribution in [1.82, 2.24) is 4.90 Å². The van der Waals surface area contributed by atoms with E-state index in [1.165, 1.54) is 29.7 Å². The monoisotopic (exact) mass is 246 g/mol. The Bertz CT molecular complexity index is 400. The highest BCUT2D eigenvalue weighted by molar-refractivity contribution is 5.30. The van der Waals surface area contributed by atoms with Crippen LogP contribution in [0.3, 0.4) is 0 Å². The molecule has 2 N–H and O–H groups in total. The molecule has 2 atom stereocenters. The highest BCUT2D eigenvalue weighted by Gasteiger charge is 2.25. The van der Waals surface area contributed by atoms with Crippen LogP contribution in [0.2, 0.25) is 0 Å². The molecule has 100 valence electrons. The van der Waals surface area contributed by atoms with Crippen molar-refractivity contribution in [3.8, 4) is 0 Å². The van der Waals surface area contributed by atoms with E-state index in [-0.39, 0.29) is 0 Å². The van der Waals surface area contributed by atoms with Gasteiger partial charge in [-0.1, -0.05) is 30.7 Å². The summed E-state index contributed by atoms with van der Waals surface area (Å²) in [4.78, 5) is 2.56. The SMILES string of the molecule is Cc1ccc(CN2CCC(C)C(CN)C2)c(C)c1. The second-order valence-electron chi connectivity index (χ2n) is 5.93. The van der Waals surface area contributed by atoms with Gasteiger partial charge in [-0.15, -0.1) is 0 Å². The molecule has 1 aliphatic rings. The van der Waals surface area contributed by atoms with Crippen LogP contribution in [0.5, 0.6) is 0 Å². The molecule has 1 saturated heterocycles. The van der Waals surface area contributed by atoms with Crippen LogP contribution < -0.4 is 5.73 Å². The summed E-state index contributed by atoms with van der Waals surface area (Å²) in [6.45, 7) is 11.0. The predicted molar refractivity (Wildman–Crippen MR) is 77.5 cm³/mol. The van der Waals surface area contributed by atoms with E-state index < -0.39 is 0 Å². The second-order valence-corrected chi connectivity index (χ2v) is 5.93. The topological polar surface area (TPSA) is 29.3 Å². The van der Waals surface area contributed by atoms with E-state index in [0.29, 0.717) is 5.92 Å². The Labute approximate surface area is 111 Å². The number of nitrogens with zero attached hydrogens (tertiary/aromatic N) is 1. The molecule has 0 aliphatic carbocycles. The number of benzene rings is 1. The summed E-state index contributed by atoms with van der Waals surface area (Å²) in [6, 6.07) is 6.78. The average molecular weight is 246 g/mol. The molecule has 18 heavy (non-hydrogen) atoms. The van der Waals surface area contributed by atoms with Gasteiger partial charge in [0.25, 0.3) is 0 Å². The molecular formula is C16H26N2. The van der Waals surface area contributed by atoms with Gasteiger partial charge in [-0.25, -0.2) is 0 Å². The van der Waals surface area contributed by atoms with Gasteiger partial charge in [0, 0.05) is 13.1 Å². The molecule has 2 heteroatoms. The van der Waals surface area contributed by atoms with Gasteiger partial charge in [0.05, 0.1) is 0 Å². The number of hydrogen-bond acceptors (Lipinski definition) is 2. The Balaban J connectivity index is 2.01. The third-order valence-corrected chi connectivity index (χ3v) is 4.39. The lowest BCUT2D eigenvalue weighted by molar-refractivity contribution is 0.126. The van der Waals surface area contributed by atoms with Crippen molar-refractivity contribution in [2.45, 2.75) is 33.7 Å². The second kappa shape index (κ2) is 5.85. The standard InChI is InChI=1S/C16H26N2/c1-12-4-5-15(14(3)8-12)10-18-7-6-13(2)16(9-17)11-18/h4-5,8,13,16H,6-7,9-11,17H2,1-3H3. The van der Waals surface area contributed by atoms with Crippen molar-refractivity contribution in [3.05, 3.63) is 34.9 Å². The molecule has 2 rings (SSSR count). The number of piperidine rings is 1. The van der Waals surface area contributed by atoms with Crippen LogP contribution in [0.15, 0.2) is 18.2 Å². The first-order chi connectivity index (χ1) is 8.60. The van der Waals surface area contributed by atoms with Crippen molar-refractivity contribution in [3.63, 3.8) is 0 Å². The first-order valence-corrected chi connectivity index (χ1v) is 7.08. The largest absolute Gasteiger partial charge is 0.330 e. The first kappa shape index (κ1) is 13.6. The van der Waals surface area contributed by atoms with E-state index in [9.17, 15) is 0 Å². The first-order valence-electron chi connectivity index (χ1n) is 7.08. The van der Waals surface area contributed by atoms with Crippen LogP contribution in [0.4, 0.5) is 0 Å². The molecule has 0 radical (unpaired) electrons.